The number of hydrogen-bond donors (Lipinski definition) is 0. The molecule has 0 amide bonds. The van der Waals surface area contributed by atoms with Crippen molar-refractivity contribution in [2.45, 2.75) is 19.3 Å². The van der Waals surface area contributed by atoms with Crippen LogP contribution in [0.4, 0.5) is 17.1 Å². The highest BCUT2D eigenvalue weighted by atomic mass is 15.1. The Bertz CT molecular complexity index is 2720. The molecule has 8 rings (SSSR count). The molecule has 0 aromatic heterocycles. The van der Waals surface area contributed by atoms with Crippen LogP contribution >= 0.6 is 0 Å². The minimum absolute atomic E-state index is 0.0673. The lowest BCUT2D eigenvalue weighted by molar-refractivity contribution is 0.660. The molecule has 0 unspecified atom stereocenters. The van der Waals surface area contributed by atoms with Gasteiger partial charge in [-0.15, -0.1) is 0 Å². The van der Waals surface area contributed by atoms with E-state index in [4.69, 9.17) is 11.0 Å². The first-order chi connectivity index (χ1) is 25.2. The van der Waals surface area contributed by atoms with Crippen molar-refractivity contribution in [3.63, 3.8) is 0 Å². The van der Waals surface area contributed by atoms with Gasteiger partial charge in [-0.2, -0.15) is 0 Å². The van der Waals surface area contributed by atoms with E-state index in [1.165, 1.54) is 4.90 Å². The quantitative estimate of drug-likeness (QED) is 0.211. The van der Waals surface area contributed by atoms with Gasteiger partial charge in [0.2, 0.25) is 0 Å². The molecule has 7 aromatic rings. The maximum atomic E-state index is 9.79. The molecule has 0 saturated carbocycles. The van der Waals surface area contributed by atoms with E-state index in [-0.39, 0.29) is 39.8 Å². The Hall–Kier alpha value is -5.14. The fourth-order valence-electron chi connectivity index (χ4n) is 6.19. The summed E-state index contributed by atoms with van der Waals surface area (Å²) in [6.07, 6.45) is 0. The van der Waals surface area contributed by atoms with Gasteiger partial charge in [-0.25, -0.2) is 0 Å². The van der Waals surface area contributed by atoms with Gasteiger partial charge in [-0.1, -0.05) is 135 Å². The fourth-order valence-corrected chi connectivity index (χ4v) is 6.19. The standard InChI is InChI=1S/C41H31N/c1-41(2)38-22-8-7-20-36(38)37-25-24-32(27-39(37)41)42(40-23-11-15-29-13-4-6-19-35(29)40)31-17-9-16-30(26-31)34-21-10-14-28-12-3-5-18-33(28)34/h3-27H,1-2H3/i4D,6D,9D,11D,13D,15D,16D,17D,19D,23D,26D. The Balaban J connectivity index is 1.55. The van der Waals surface area contributed by atoms with E-state index in [0.29, 0.717) is 11.3 Å². The zero-order valence-electron chi connectivity index (χ0n) is 34.0. The van der Waals surface area contributed by atoms with Crippen molar-refractivity contribution in [3.8, 4) is 22.3 Å². The zero-order valence-corrected chi connectivity index (χ0v) is 23.0. The van der Waals surface area contributed by atoms with Crippen LogP contribution in [0.15, 0.2) is 151 Å². The predicted octanol–water partition coefficient (Wildman–Crippen LogP) is 11.4. The number of benzene rings is 7. The largest absolute Gasteiger partial charge is 0.310 e. The molecule has 200 valence electrons. The highest BCUT2D eigenvalue weighted by Crippen LogP contribution is 2.51. The maximum Gasteiger partial charge on any atom is 0.0651 e. The lowest BCUT2D eigenvalue weighted by Crippen LogP contribution is -2.16. The summed E-state index contributed by atoms with van der Waals surface area (Å²) in [5.74, 6) is 0. The van der Waals surface area contributed by atoms with Crippen LogP contribution in [0, 0.1) is 0 Å². The molecule has 0 N–H and O–H groups in total. The van der Waals surface area contributed by atoms with Gasteiger partial charge < -0.3 is 4.90 Å². The molecule has 1 aliphatic rings. The summed E-state index contributed by atoms with van der Waals surface area (Å²) < 4.78 is 99.1. The topological polar surface area (TPSA) is 3.24 Å². The van der Waals surface area contributed by atoms with Crippen molar-refractivity contribution >= 4 is 38.6 Å². The number of nitrogens with zero attached hydrogens (tertiary/aromatic N) is 1. The van der Waals surface area contributed by atoms with E-state index in [1.807, 2.05) is 60.7 Å². The minimum atomic E-state index is -0.609. The Morgan fingerprint density at radius 2 is 1.29 bits per heavy atom. The normalized spacial score (nSPS) is 16.9. The van der Waals surface area contributed by atoms with E-state index in [9.17, 15) is 4.11 Å². The van der Waals surface area contributed by atoms with Gasteiger partial charge in [0, 0.05) is 22.2 Å². The van der Waals surface area contributed by atoms with Gasteiger partial charge in [-0.3, -0.25) is 0 Å². The zero-order chi connectivity index (χ0) is 37.8. The minimum Gasteiger partial charge on any atom is -0.310 e. The predicted molar refractivity (Wildman–Crippen MR) is 179 cm³/mol. The summed E-state index contributed by atoms with van der Waals surface area (Å²) in [4.78, 5) is 1.36. The molecule has 0 spiro atoms. The number of hydrogen-bond acceptors (Lipinski definition) is 1. The highest BCUT2D eigenvalue weighted by molar-refractivity contribution is 6.01. The van der Waals surface area contributed by atoms with Crippen LogP contribution < -0.4 is 4.90 Å². The van der Waals surface area contributed by atoms with Crippen molar-refractivity contribution in [2.24, 2.45) is 0 Å². The van der Waals surface area contributed by atoms with E-state index in [2.05, 4.69) is 19.9 Å². The van der Waals surface area contributed by atoms with Gasteiger partial charge in [-0.05, 0) is 79.8 Å². The third-order valence-electron chi connectivity index (χ3n) is 8.24. The fraction of sp³-hybridized carbons (Fsp3) is 0.0732. The van der Waals surface area contributed by atoms with Gasteiger partial charge >= 0.3 is 0 Å². The van der Waals surface area contributed by atoms with Crippen LogP contribution in [0.3, 0.4) is 0 Å². The van der Waals surface area contributed by atoms with Crippen molar-refractivity contribution in [1.82, 2.24) is 0 Å². The SMILES string of the molecule is [2H]c1c([2H])c(-c2cccc3ccccc23)c([2H])c(N(c2ccc3c(c2)C(C)(C)c2ccccc2-3)c2c([2H])c([2H])c([2H])c3c([2H])c([2H])c([2H])c([2H])c23)c1[2H]. The van der Waals surface area contributed by atoms with Crippen LogP contribution in [0.2, 0.25) is 0 Å². The second kappa shape index (κ2) is 9.46. The summed E-state index contributed by atoms with van der Waals surface area (Å²) >= 11 is 0. The molecular weight excluding hydrogens is 506 g/mol. The molecule has 1 heteroatoms. The summed E-state index contributed by atoms with van der Waals surface area (Å²) in [6.45, 7) is 4.15. The average molecular weight is 549 g/mol. The lowest BCUT2D eigenvalue weighted by Gasteiger charge is -2.29. The second-order valence-electron chi connectivity index (χ2n) is 11.0. The van der Waals surface area contributed by atoms with Crippen molar-refractivity contribution in [2.75, 3.05) is 4.90 Å². The number of fused-ring (bicyclic) bond motifs is 5. The smallest absolute Gasteiger partial charge is 0.0651 e. The molecule has 0 fully saturated rings. The van der Waals surface area contributed by atoms with Crippen LogP contribution in [0.25, 0.3) is 43.8 Å². The Kier molecular flexibility index (Phi) is 3.55. The summed E-state index contributed by atoms with van der Waals surface area (Å²) in [5, 5.41) is 1.05. The van der Waals surface area contributed by atoms with Crippen LogP contribution in [-0.4, -0.2) is 0 Å². The number of anilines is 3. The highest BCUT2D eigenvalue weighted by Gasteiger charge is 2.35. The number of rotatable bonds is 4. The average Bonchev–Trinajstić information content (AvgIpc) is 3.39. The van der Waals surface area contributed by atoms with Crippen molar-refractivity contribution in [1.29, 1.82) is 0 Å². The maximum absolute atomic E-state index is 9.79. The molecule has 1 nitrogen and oxygen atoms in total. The van der Waals surface area contributed by atoms with Gasteiger partial charge in [0.1, 0.15) is 0 Å². The van der Waals surface area contributed by atoms with E-state index >= 15 is 0 Å². The van der Waals surface area contributed by atoms with Gasteiger partial charge in [0.25, 0.3) is 0 Å². The molecule has 0 bridgehead atoms. The third-order valence-corrected chi connectivity index (χ3v) is 8.24. The van der Waals surface area contributed by atoms with E-state index in [0.717, 1.165) is 33.0 Å². The molecule has 7 aromatic carbocycles. The molecule has 42 heavy (non-hydrogen) atoms. The first-order valence-electron chi connectivity index (χ1n) is 19.3. The van der Waals surface area contributed by atoms with Crippen molar-refractivity contribution < 1.29 is 15.1 Å². The molecule has 0 heterocycles. The molecule has 0 atom stereocenters. The van der Waals surface area contributed by atoms with Crippen LogP contribution in [0.5, 0.6) is 0 Å². The Morgan fingerprint density at radius 1 is 0.548 bits per heavy atom. The third kappa shape index (κ3) is 3.78. The molecule has 0 radical (unpaired) electrons. The van der Waals surface area contributed by atoms with Crippen LogP contribution in [0.1, 0.15) is 40.1 Å². The Morgan fingerprint density at radius 3 is 2.24 bits per heavy atom. The lowest BCUT2D eigenvalue weighted by atomic mass is 9.82. The molecule has 1 aliphatic carbocycles. The first-order valence-corrected chi connectivity index (χ1v) is 13.8. The van der Waals surface area contributed by atoms with Crippen molar-refractivity contribution in [3.05, 3.63) is 163 Å². The molecule has 0 saturated heterocycles. The molecular formula is C41H31N. The first kappa shape index (κ1) is 15.7. The summed E-state index contributed by atoms with van der Waals surface area (Å²) in [6, 6.07) is 20.7. The monoisotopic (exact) mass is 548 g/mol. The van der Waals surface area contributed by atoms with Crippen LogP contribution in [-0.2, 0) is 5.41 Å². The molecule has 0 aliphatic heterocycles. The van der Waals surface area contributed by atoms with E-state index < -0.39 is 59.8 Å². The van der Waals surface area contributed by atoms with Gasteiger partial charge in [0.05, 0.1) is 20.8 Å². The summed E-state index contributed by atoms with van der Waals surface area (Å²) in [7, 11) is 0. The van der Waals surface area contributed by atoms with E-state index in [1.54, 1.807) is 18.2 Å². The van der Waals surface area contributed by atoms with Gasteiger partial charge in [0.15, 0.2) is 0 Å². The Labute approximate surface area is 262 Å². The second-order valence-corrected chi connectivity index (χ2v) is 11.0. The summed E-state index contributed by atoms with van der Waals surface area (Å²) in [5.41, 5.74) is 3.87.